The number of carbonyl (C=O) groups is 2. The van der Waals surface area contributed by atoms with E-state index in [1.807, 2.05) is 36.1 Å². The summed E-state index contributed by atoms with van der Waals surface area (Å²) in [6, 6.07) is 7.50. The Morgan fingerprint density at radius 2 is 1.71 bits per heavy atom. The molecular formula is C23H31N5O3. The van der Waals surface area contributed by atoms with Crippen LogP contribution in [0.2, 0.25) is 0 Å². The number of hydrogen-bond donors (Lipinski definition) is 0. The summed E-state index contributed by atoms with van der Waals surface area (Å²) in [6.07, 6.45) is 6.06. The maximum atomic E-state index is 13.1. The number of ether oxygens (including phenoxy) is 1. The average Bonchev–Trinajstić information content (AvgIpc) is 3.01. The predicted octanol–water partition coefficient (Wildman–Crippen LogP) is 2.84. The van der Waals surface area contributed by atoms with Crippen LogP contribution < -0.4 is 4.74 Å². The molecule has 166 valence electrons. The third-order valence-corrected chi connectivity index (χ3v) is 6.44. The van der Waals surface area contributed by atoms with Crippen LogP contribution in [0.5, 0.6) is 5.75 Å². The number of nitrogens with zero attached hydrogens (tertiary/aromatic N) is 5. The fraction of sp³-hybridized carbons (Fsp3) is 0.565. The van der Waals surface area contributed by atoms with Crippen LogP contribution in [0.15, 0.2) is 24.3 Å². The minimum Gasteiger partial charge on any atom is -0.497 e. The molecule has 4 rings (SSSR count). The van der Waals surface area contributed by atoms with E-state index in [2.05, 4.69) is 10.3 Å². The third-order valence-electron chi connectivity index (χ3n) is 6.44. The average molecular weight is 426 g/mol. The normalized spacial score (nSPS) is 18.0. The van der Waals surface area contributed by atoms with Gasteiger partial charge in [-0.05, 0) is 44.7 Å². The number of rotatable bonds is 4. The van der Waals surface area contributed by atoms with E-state index in [0.717, 1.165) is 37.4 Å². The topological polar surface area (TPSA) is 80.6 Å². The Hall–Kier alpha value is -2.90. The minimum atomic E-state index is -0.118. The standard InChI is InChI=1S/C23H31N5O3/c1-17-21(24-25-28(17)19-8-7-9-20(16-19)31-2)23(30)27-14-10-18(11-15-27)22(29)26-12-5-3-4-6-13-26/h7-9,16,18H,3-6,10-15H2,1-2H3. The van der Waals surface area contributed by atoms with Gasteiger partial charge < -0.3 is 14.5 Å². The summed E-state index contributed by atoms with van der Waals surface area (Å²) in [4.78, 5) is 29.9. The fourth-order valence-electron chi connectivity index (χ4n) is 4.54. The van der Waals surface area contributed by atoms with E-state index in [1.54, 1.807) is 16.7 Å². The highest BCUT2D eigenvalue weighted by Crippen LogP contribution is 2.24. The van der Waals surface area contributed by atoms with E-state index in [9.17, 15) is 9.59 Å². The van der Waals surface area contributed by atoms with E-state index >= 15 is 0 Å². The smallest absolute Gasteiger partial charge is 0.276 e. The Morgan fingerprint density at radius 1 is 1.00 bits per heavy atom. The molecule has 1 aromatic heterocycles. The van der Waals surface area contributed by atoms with Gasteiger partial charge in [-0.25, -0.2) is 4.68 Å². The van der Waals surface area contributed by atoms with Gasteiger partial charge in [0.25, 0.3) is 5.91 Å². The van der Waals surface area contributed by atoms with E-state index < -0.39 is 0 Å². The SMILES string of the molecule is COc1cccc(-n2nnc(C(=O)N3CCC(C(=O)N4CCCCCC4)CC3)c2C)c1. The van der Waals surface area contributed by atoms with Gasteiger partial charge in [0.2, 0.25) is 5.91 Å². The van der Waals surface area contributed by atoms with Crippen molar-refractivity contribution < 1.29 is 14.3 Å². The molecule has 0 atom stereocenters. The number of piperidine rings is 1. The lowest BCUT2D eigenvalue weighted by atomic mass is 9.95. The van der Waals surface area contributed by atoms with Gasteiger partial charge in [-0.15, -0.1) is 5.10 Å². The number of amides is 2. The largest absolute Gasteiger partial charge is 0.497 e. The first-order valence-electron chi connectivity index (χ1n) is 11.2. The molecule has 2 aliphatic rings. The van der Waals surface area contributed by atoms with Crippen molar-refractivity contribution in [3.05, 3.63) is 35.7 Å². The molecule has 2 fully saturated rings. The number of methoxy groups -OCH3 is 1. The van der Waals surface area contributed by atoms with Crippen LogP contribution in [0, 0.1) is 12.8 Å². The minimum absolute atomic E-state index is 0.0238. The molecule has 1 aromatic carbocycles. The molecule has 2 aliphatic heterocycles. The maximum Gasteiger partial charge on any atom is 0.276 e. The zero-order chi connectivity index (χ0) is 21.8. The van der Waals surface area contributed by atoms with Crippen LogP contribution in [0.3, 0.4) is 0 Å². The van der Waals surface area contributed by atoms with Gasteiger partial charge in [0.1, 0.15) is 5.75 Å². The zero-order valence-corrected chi connectivity index (χ0v) is 18.4. The van der Waals surface area contributed by atoms with Crippen LogP contribution in [-0.2, 0) is 4.79 Å². The quantitative estimate of drug-likeness (QED) is 0.753. The van der Waals surface area contributed by atoms with Crippen molar-refractivity contribution >= 4 is 11.8 Å². The summed E-state index contributed by atoms with van der Waals surface area (Å²) in [6.45, 7) is 4.76. The lowest BCUT2D eigenvalue weighted by molar-refractivity contribution is -0.136. The van der Waals surface area contributed by atoms with Crippen molar-refractivity contribution in [2.24, 2.45) is 5.92 Å². The second kappa shape index (κ2) is 9.49. The third kappa shape index (κ3) is 4.57. The van der Waals surface area contributed by atoms with Gasteiger partial charge in [-0.2, -0.15) is 0 Å². The fourth-order valence-corrected chi connectivity index (χ4v) is 4.54. The lowest BCUT2D eigenvalue weighted by Crippen LogP contribution is -2.44. The van der Waals surface area contributed by atoms with Gasteiger partial charge in [-0.1, -0.05) is 24.1 Å². The molecule has 2 amide bonds. The molecule has 0 saturated carbocycles. The highest BCUT2D eigenvalue weighted by molar-refractivity contribution is 5.93. The van der Waals surface area contributed by atoms with Gasteiger partial charge in [0.15, 0.2) is 5.69 Å². The van der Waals surface area contributed by atoms with Crippen molar-refractivity contribution in [3.63, 3.8) is 0 Å². The molecule has 31 heavy (non-hydrogen) atoms. The Kier molecular flexibility index (Phi) is 6.53. The van der Waals surface area contributed by atoms with Crippen LogP contribution in [0.25, 0.3) is 5.69 Å². The highest BCUT2D eigenvalue weighted by atomic mass is 16.5. The van der Waals surface area contributed by atoms with E-state index in [-0.39, 0.29) is 17.7 Å². The summed E-state index contributed by atoms with van der Waals surface area (Å²) in [7, 11) is 1.61. The molecule has 0 spiro atoms. The lowest BCUT2D eigenvalue weighted by Gasteiger charge is -2.33. The van der Waals surface area contributed by atoms with Gasteiger partial charge >= 0.3 is 0 Å². The van der Waals surface area contributed by atoms with Crippen LogP contribution in [-0.4, -0.2) is 69.9 Å². The summed E-state index contributed by atoms with van der Waals surface area (Å²) in [5, 5.41) is 8.36. The van der Waals surface area contributed by atoms with E-state index in [4.69, 9.17) is 4.74 Å². The molecule has 8 nitrogen and oxygen atoms in total. The molecule has 0 aliphatic carbocycles. The zero-order valence-electron chi connectivity index (χ0n) is 18.4. The molecule has 0 radical (unpaired) electrons. The van der Waals surface area contributed by atoms with Crippen LogP contribution >= 0.6 is 0 Å². The Balaban J connectivity index is 1.40. The van der Waals surface area contributed by atoms with Gasteiger partial charge in [-0.3, -0.25) is 9.59 Å². The summed E-state index contributed by atoms with van der Waals surface area (Å²) < 4.78 is 6.94. The van der Waals surface area contributed by atoms with Crippen molar-refractivity contribution in [3.8, 4) is 11.4 Å². The Labute approximate surface area is 183 Å². The van der Waals surface area contributed by atoms with Crippen molar-refractivity contribution in [1.29, 1.82) is 0 Å². The summed E-state index contributed by atoms with van der Waals surface area (Å²) in [5.41, 5.74) is 1.85. The van der Waals surface area contributed by atoms with Gasteiger partial charge in [0.05, 0.1) is 18.5 Å². The molecule has 0 unspecified atom stereocenters. The maximum absolute atomic E-state index is 13.1. The van der Waals surface area contributed by atoms with Crippen LogP contribution in [0.4, 0.5) is 0 Å². The van der Waals surface area contributed by atoms with E-state index in [0.29, 0.717) is 37.3 Å². The Bertz CT molecular complexity index is 925. The van der Waals surface area contributed by atoms with Gasteiger partial charge in [0, 0.05) is 38.2 Å². The number of benzene rings is 1. The number of hydrogen-bond acceptors (Lipinski definition) is 5. The first kappa shape index (κ1) is 21.3. The molecule has 3 heterocycles. The highest BCUT2D eigenvalue weighted by Gasteiger charge is 2.32. The monoisotopic (exact) mass is 425 g/mol. The first-order chi connectivity index (χ1) is 15.1. The first-order valence-corrected chi connectivity index (χ1v) is 11.2. The molecule has 2 aromatic rings. The van der Waals surface area contributed by atoms with E-state index in [1.165, 1.54) is 12.8 Å². The van der Waals surface area contributed by atoms with Crippen LogP contribution in [0.1, 0.15) is 54.7 Å². The van der Waals surface area contributed by atoms with Crippen molar-refractivity contribution in [2.75, 3.05) is 33.3 Å². The Morgan fingerprint density at radius 3 is 2.39 bits per heavy atom. The summed E-state index contributed by atoms with van der Waals surface area (Å²) in [5.74, 6) is 0.897. The number of carbonyl (C=O) groups excluding carboxylic acids is 2. The molecule has 0 bridgehead atoms. The predicted molar refractivity (Wildman–Crippen MR) is 116 cm³/mol. The number of likely N-dealkylation sites (tertiary alicyclic amines) is 2. The molecule has 8 heteroatoms. The second-order valence-electron chi connectivity index (χ2n) is 8.44. The van der Waals surface area contributed by atoms with Crippen molar-refractivity contribution in [1.82, 2.24) is 24.8 Å². The molecular weight excluding hydrogens is 394 g/mol. The molecule has 0 N–H and O–H groups in total. The second-order valence-corrected chi connectivity index (χ2v) is 8.44. The summed E-state index contributed by atoms with van der Waals surface area (Å²) >= 11 is 0. The number of aromatic nitrogens is 3. The van der Waals surface area contributed by atoms with Crippen molar-refractivity contribution in [2.45, 2.75) is 45.4 Å². The molecule has 2 saturated heterocycles.